The molecule has 0 saturated carbocycles. The van der Waals surface area contributed by atoms with Gasteiger partial charge in [-0.2, -0.15) is 0 Å². The molecule has 1 saturated heterocycles. The number of benzene rings is 2. The van der Waals surface area contributed by atoms with Gasteiger partial charge in [-0.3, -0.25) is 9.69 Å². The highest BCUT2D eigenvalue weighted by molar-refractivity contribution is 7.90. The molecule has 2 aromatic carbocycles. The van der Waals surface area contributed by atoms with E-state index >= 15 is 0 Å². The van der Waals surface area contributed by atoms with Gasteiger partial charge in [0.1, 0.15) is 5.78 Å². The van der Waals surface area contributed by atoms with E-state index in [1.807, 2.05) is 25.1 Å². The number of carbonyl (C=O) groups is 1. The van der Waals surface area contributed by atoms with Gasteiger partial charge in [0.05, 0.1) is 22.1 Å². The maximum absolute atomic E-state index is 14.0. The summed E-state index contributed by atoms with van der Waals surface area (Å²) in [5.41, 5.74) is 3.38. The minimum atomic E-state index is -3.86. The molecule has 7 heteroatoms. The number of nitrogens with zero attached hydrogens (tertiary/aromatic N) is 2. The normalized spacial score (nSPS) is 21.5. The van der Waals surface area contributed by atoms with Gasteiger partial charge < -0.3 is 0 Å². The van der Waals surface area contributed by atoms with Gasteiger partial charge in [-0.05, 0) is 55.7 Å². The third-order valence-electron chi connectivity index (χ3n) is 6.90. The van der Waals surface area contributed by atoms with Crippen molar-refractivity contribution < 1.29 is 13.2 Å². The Balaban J connectivity index is 1.78. The standard InChI is InChI=1S/C25H27ClN2O3S/c1-3-4-18-14-19(29)15-24-25-21(11-12-27(18)24)22-13-17(26)7-10-23(22)28(25)32(30,31)20-8-5-16(2)6-9-20/h5-10,13,18,24H,3-4,11-12,14-15H2,1-2H3/t18-,24+/m1/s1. The number of carbonyl (C=O) groups excluding carboxylic acids is 1. The van der Waals surface area contributed by atoms with E-state index < -0.39 is 10.0 Å². The summed E-state index contributed by atoms with van der Waals surface area (Å²) in [6.07, 6.45) is 3.58. The number of hydrogen-bond acceptors (Lipinski definition) is 4. The van der Waals surface area contributed by atoms with Crippen molar-refractivity contribution in [2.45, 2.75) is 62.9 Å². The predicted octanol–water partition coefficient (Wildman–Crippen LogP) is 5.27. The third kappa shape index (κ3) is 3.40. The summed E-state index contributed by atoms with van der Waals surface area (Å²) >= 11 is 6.32. The molecule has 0 amide bonds. The molecule has 0 radical (unpaired) electrons. The average molecular weight is 471 g/mol. The van der Waals surface area contributed by atoms with Crippen molar-refractivity contribution in [3.8, 4) is 0 Å². The van der Waals surface area contributed by atoms with Gasteiger partial charge in [0.2, 0.25) is 0 Å². The molecule has 5 rings (SSSR count). The number of aromatic nitrogens is 1. The Labute approximate surface area is 194 Å². The third-order valence-corrected chi connectivity index (χ3v) is 8.88. The Morgan fingerprint density at radius 3 is 2.56 bits per heavy atom. The summed E-state index contributed by atoms with van der Waals surface area (Å²) in [4.78, 5) is 15.4. The molecule has 32 heavy (non-hydrogen) atoms. The lowest BCUT2D eigenvalue weighted by molar-refractivity contribution is -0.126. The van der Waals surface area contributed by atoms with Crippen LogP contribution in [-0.4, -0.2) is 35.7 Å². The number of piperidine rings is 1. The van der Waals surface area contributed by atoms with Crippen molar-refractivity contribution in [1.82, 2.24) is 8.87 Å². The molecule has 2 aliphatic rings. The number of fused-ring (bicyclic) bond motifs is 5. The van der Waals surface area contributed by atoms with Gasteiger partial charge in [-0.1, -0.05) is 42.6 Å². The van der Waals surface area contributed by atoms with Crippen LogP contribution in [0, 0.1) is 6.92 Å². The van der Waals surface area contributed by atoms with E-state index in [0.29, 0.717) is 23.4 Å². The van der Waals surface area contributed by atoms with E-state index in [2.05, 4.69) is 11.8 Å². The number of hydrogen-bond donors (Lipinski definition) is 0. The van der Waals surface area contributed by atoms with Crippen LogP contribution < -0.4 is 0 Å². The molecular weight excluding hydrogens is 444 g/mol. The van der Waals surface area contributed by atoms with Crippen molar-refractivity contribution in [2.75, 3.05) is 6.54 Å². The molecule has 5 nitrogen and oxygen atoms in total. The first-order valence-electron chi connectivity index (χ1n) is 11.2. The summed E-state index contributed by atoms with van der Waals surface area (Å²) in [7, 11) is -3.86. The summed E-state index contributed by atoms with van der Waals surface area (Å²) in [5.74, 6) is 0.208. The molecule has 0 unspecified atom stereocenters. The van der Waals surface area contributed by atoms with Crippen LogP contribution in [0.3, 0.4) is 0 Å². The highest BCUT2D eigenvalue weighted by Gasteiger charge is 2.43. The fourth-order valence-corrected chi connectivity index (χ4v) is 7.25. The van der Waals surface area contributed by atoms with Crippen LogP contribution in [0.25, 0.3) is 10.9 Å². The van der Waals surface area contributed by atoms with Crippen LogP contribution in [0.4, 0.5) is 0 Å². The van der Waals surface area contributed by atoms with Crippen LogP contribution in [0.1, 0.15) is 55.5 Å². The number of halogens is 1. The monoisotopic (exact) mass is 470 g/mol. The maximum Gasteiger partial charge on any atom is 0.268 e. The SMILES string of the molecule is CCC[C@@H]1CC(=O)C[C@H]2c3c(c4cc(Cl)ccc4n3S(=O)(=O)c3ccc(C)cc3)CCN12. The molecule has 0 aliphatic carbocycles. The van der Waals surface area contributed by atoms with Crippen molar-refractivity contribution in [1.29, 1.82) is 0 Å². The molecule has 0 spiro atoms. The molecule has 0 N–H and O–H groups in total. The lowest BCUT2D eigenvalue weighted by Crippen LogP contribution is -2.48. The van der Waals surface area contributed by atoms with Crippen LogP contribution in [0.15, 0.2) is 47.4 Å². The zero-order valence-corrected chi connectivity index (χ0v) is 19.9. The Kier molecular flexibility index (Phi) is 5.43. The topological polar surface area (TPSA) is 59.4 Å². The maximum atomic E-state index is 14.0. The lowest BCUT2D eigenvalue weighted by atomic mass is 9.85. The van der Waals surface area contributed by atoms with E-state index in [-0.39, 0.29) is 22.8 Å². The second kappa shape index (κ2) is 8.01. The van der Waals surface area contributed by atoms with Gasteiger partial charge in [0, 0.05) is 35.8 Å². The molecule has 2 atom stereocenters. The number of rotatable bonds is 4. The van der Waals surface area contributed by atoms with E-state index in [9.17, 15) is 13.2 Å². The zero-order valence-electron chi connectivity index (χ0n) is 18.3. The van der Waals surface area contributed by atoms with Gasteiger partial charge in [0.15, 0.2) is 0 Å². The van der Waals surface area contributed by atoms with Crippen molar-refractivity contribution in [2.24, 2.45) is 0 Å². The number of aryl methyl sites for hydroxylation is 1. The molecule has 0 bridgehead atoms. The lowest BCUT2D eigenvalue weighted by Gasteiger charge is -2.44. The Hall–Kier alpha value is -2.15. The highest BCUT2D eigenvalue weighted by Crippen LogP contribution is 2.45. The van der Waals surface area contributed by atoms with Gasteiger partial charge in [-0.25, -0.2) is 12.4 Å². The molecule has 168 valence electrons. The van der Waals surface area contributed by atoms with E-state index in [1.165, 1.54) is 3.97 Å². The molecular formula is C25H27ClN2O3S. The van der Waals surface area contributed by atoms with Crippen LogP contribution in [0.2, 0.25) is 5.02 Å². The van der Waals surface area contributed by atoms with Crippen molar-refractivity contribution in [3.05, 3.63) is 64.3 Å². The second-order valence-corrected chi connectivity index (χ2v) is 11.2. The zero-order chi connectivity index (χ0) is 22.6. The van der Waals surface area contributed by atoms with Gasteiger partial charge in [-0.15, -0.1) is 0 Å². The number of Topliss-reactive ketones (excluding diaryl/α,β-unsaturated/α-hetero) is 1. The number of ketones is 1. The summed E-state index contributed by atoms with van der Waals surface area (Å²) in [5, 5.41) is 1.45. The Morgan fingerprint density at radius 2 is 1.84 bits per heavy atom. The first-order chi connectivity index (χ1) is 15.3. The fraction of sp³-hybridized carbons (Fsp3) is 0.400. The highest BCUT2D eigenvalue weighted by atomic mass is 35.5. The Bertz CT molecular complexity index is 1310. The van der Waals surface area contributed by atoms with E-state index in [0.717, 1.165) is 48.0 Å². The summed E-state index contributed by atoms with van der Waals surface area (Å²) in [6.45, 7) is 4.89. The average Bonchev–Trinajstić information content (AvgIpc) is 3.09. The molecule has 3 heterocycles. The Morgan fingerprint density at radius 1 is 1.09 bits per heavy atom. The summed E-state index contributed by atoms with van der Waals surface area (Å²) < 4.78 is 29.4. The molecule has 3 aromatic rings. The van der Waals surface area contributed by atoms with E-state index in [4.69, 9.17) is 11.6 Å². The minimum absolute atomic E-state index is 0.163. The van der Waals surface area contributed by atoms with Crippen LogP contribution >= 0.6 is 11.6 Å². The first kappa shape index (κ1) is 21.7. The first-order valence-corrected chi connectivity index (χ1v) is 13.1. The summed E-state index contributed by atoms with van der Waals surface area (Å²) in [6, 6.07) is 12.3. The largest absolute Gasteiger partial charge is 0.300 e. The second-order valence-electron chi connectivity index (χ2n) is 9.00. The molecule has 1 aromatic heterocycles. The van der Waals surface area contributed by atoms with Crippen molar-refractivity contribution in [3.63, 3.8) is 0 Å². The quantitative estimate of drug-likeness (QED) is 0.521. The van der Waals surface area contributed by atoms with Gasteiger partial charge in [0.25, 0.3) is 10.0 Å². The van der Waals surface area contributed by atoms with Gasteiger partial charge >= 0.3 is 0 Å². The molecule has 2 aliphatic heterocycles. The fourth-order valence-electron chi connectivity index (χ4n) is 5.48. The van der Waals surface area contributed by atoms with Crippen LogP contribution in [-0.2, 0) is 21.2 Å². The van der Waals surface area contributed by atoms with Crippen LogP contribution in [0.5, 0.6) is 0 Å². The minimum Gasteiger partial charge on any atom is -0.300 e. The predicted molar refractivity (Wildman–Crippen MR) is 127 cm³/mol. The van der Waals surface area contributed by atoms with Crippen molar-refractivity contribution >= 4 is 38.3 Å². The van der Waals surface area contributed by atoms with E-state index in [1.54, 1.807) is 24.3 Å². The molecule has 1 fully saturated rings. The smallest absolute Gasteiger partial charge is 0.268 e.